The molecule has 1 aliphatic heterocycles. The van der Waals surface area contributed by atoms with E-state index >= 15 is 0 Å². The molecule has 1 saturated carbocycles. The van der Waals surface area contributed by atoms with Gasteiger partial charge in [-0.1, -0.05) is 38.4 Å². The van der Waals surface area contributed by atoms with E-state index in [0.29, 0.717) is 40.1 Å². The molecule has 0 radical (unpaired) electrons. The summed E-state index contributed by atoms with van der Waals surface area (Å²) in [5.74, 6) is -0.524. The Hall–Kier alpha value is -3.61. The molecule has 2 aromatic heterocycles. The first kappa shape index (κ1) is 25.1. The highest BCUT2D eigenvalue weighted by Gasteiger charge is 2.33. The third-order valence-corrected chi connectivity index (χ3v) is 6.70. The maximum absolute atomic E-state index is 13.9. The molecule has 1 fully saturated rings. The third kappa shape index (κ3) is 5.41. The molecule has 0 amide bonds. The molecule has 0 unspecified atom stereocenters. The lowest BCUT2D eigenvalue weighted by atomic mass is 9.96. The Morgan fingerprint density at radius 1 is 1.30 bits per heavy atom. The van der Waals surface area contributed by atoms with Gasteiger partial charge in [0, 0.05) is 47.3 Å². The van der Waals surface area contributed by atoms with Crippen molar-refractivity contribution < 1.29 is 4.39 Å². The van der Waals surface area contributed by atoms with Crippen LogP contribution in [0.3, 0.4) is 0 Å². The minimum Gasteiger partial charge on any atom is -0.383 e. The summed E-state index contributed by atoms with van der Waals surface area (Å²) in [6, 6.07) is 9.21. The number of aryl methyl sites for hydroxylation is 1. The van der Waals surface area contributed by atoms with Gasteiger partial charge in [0.05, 0.1) is 33.5 Å². The monoisotopic (exact) mass is 520 g/mol. The highest BCUT2D eigenvalue weighted by atomic mass is 35.5. The van der Waals surface area contributed by atoms with E-state index in [-0.39, 0.29) is 11.5 Å². The van der Waals surface area contributed by atoms with Crippen LogP contribution in [0.25, 0.3) is 10.9 Å². The SMILES string of the molecule is Cc1nc(F)ccc1[C@H](Nc1cc(Cl)c2ncc(C#N)c(NCC(C)(C)C)c2c1)C1=CN(C2CC2)NN1. The first-order valence-electron chi connectivity index (χ1n) is 12.3. The Kier molecular flexibility index (Phi) is 6.56. The number of hydrazine groups is 2. The summed E-state index contributed by atoms with van der Waals surface area (Å²) in [6.07, 6.45) is 5.85. The van der Waals surface area contributed by atoms with Crippen molar-refractivity contribution in [3.63, 3.8) is 0 Å². The van der Waals surface area contributed by atoms with Crippen LogP contribution in [-0.4, -0.2) is 27.6 Å². The van der Waals surface area contributed by atoms with Crippen molar-refractivity contribution in [2.24, 2.45) is 5.41 Å². The first-order valence-corrected chi connectivity index (χ1v) is 12.7. The number of aromatic nitrogens is 2. The summed E-state index contributed by atoms with van der Waals surface area (Å²) in [4.78, 5) is 8.51. The van der Waals surface area contributed by atoms with Crippen molar-refractivity contribution in [1.82, 2.24) is 25.9 Å². The summed E-state index contributed by atoms with van der Waals surface area (Å²) in [5, 5.41) is 20.0. The minimum atomic E-state index is -0.524. The largest absolute Gasteiger partial charge is 0.383 e. The van der Waals surface area contributed by atoms with Crippen molar-refractivity contribution in [2.75, 3.05) is 17.2 Å². The van der Waals surface area contributed by atoms with Crippen LogP contribution in [0.4, 0.5) is 15.8 Å². The fraction of sp³-hybridized carbons (Fsp3) is 0.370. The minimum absolute atomic E-state index is 0.00122. The summed E-state index contributed by atoms with van der Waals surface area (Å²) >= 11 is 6.71. The van der Waals surface area contributed by atoms with Gasteiger partial charge < -0.3 is 16.1 Å². The predicted molar refractivity (Wildman–Crippen MR) is 144 cm³/mol. The van der Waals surface area contributed by atoms with Crippen LogP contribution in [-0.2, 0) is 0 Å². The van der Waals surface area contributed by atoms with Crippen molar-refractivity contribution in [3.05, 3.63) is 70.2 Å². The molecule has 8 nitrogen and oxygen atoms in total. The Morgan fingerprint density at radius 2 is 2.08 bits per heavy atom. The van der Waals surface area contributed by atoms with Crippen molar-refractivity contribution in [3.8, 4) is 6.07 Å². The zero-order chi connectivity index (χ0) is 26.3. The quantitative estimate of drug-likeness (QED) is 0.301. The van der Waals surface area contributed by atoms with E-state index in [2.05, 4.69) is 63.4 Å². The number of hydrogen-bond donors (Lipinski definition) is 4. The fourth-order valence-corrected chi connectivity index (χ4v) is 4.62. The van der Waals surface area contributed by atoms with Crippen molar-refractivity contribution >= 4 is 33.9 Å². The normalized spacial score (nSPS) is 16.2. The molecule has 37 heavy (non-hydrogen) atoms. The molecule has 2 aliphatic rings. The van der Waals surface area contributed by atoms with Gasteiger partial charge in [-0.25, -0.2) is 4.98 Å². The maximum atomic E-state index is 13.9. The lowest BCUT2D eigenvalue weighted by molar-refractivity contribution is 0.260. The summed E-state index contributed by atoms with van der Waals surface area (Å²) < 4.78 is 13.9. The number of nitrogens with zero attached hydrogens (tertiary/aromatic N) is 4. The van der Waals surface area contributed by atoms with Gasteiger partial charge in [0.15, 0.2) is 0 Å². The average Bonchev–Trinajstić information content (AvgIpc) is 3.57. The molecule has 1 aliphatic carbocycles. The summed E-state index contributed by atoms with van der Waals surface area (Å²) in [5.41, 5.74) is 11.2. The second-order valence-electron chi connectivity index (χ2n) is 10.8. The molecule has 3 aromatic rings. The number of pyridine rings is 2. The van der Waals surface area contributed by atoms with Gasteiger partial charge in [-0.2, -0.15) is 9.65 Å². The van der Waals surface area contributed by atoms with Gasteiger partial charge in [0.2, 0.25) is 5.95 Å². The smallest absolute Gasteiger partial charge is 0.213 e. The van der Waals surface area contributed by atoms with Crippen LogP contribution in [0.1, 0.15) is 56.5 Å². The highest BCUT2D eigenvalue weighted by Crippen LogP contribution is 2.37. The Bertz CT molecular complexity index is 1420. The number of hydrogen-bond acceptors (Lipinski definition) is 8. The molecule has 0 spiro atoms. The van der Waals surface area contributed by atoms with E-state index in [0.717, 1.165) is 35.2 Å². The maximum Gasteiger partial charge on any atom is 0.213 e. The van der Waals surface area contributed by atoms with Gasteiger partial charge >= 0.3 is 0 Å². The summed E-state index contributed by atoms with van der Waals surface area (Å²) in [7, 11) is 0. The highest BCUT2D eigenvalue weighted by molar-refractivity contribution is 6.35. The molecule has 1 atom stereocenters. The van der Waals surface area contributed by atoms with Crippen molar-refractivity contribution in [2.45, 2.75) is 52.6 Å². The van der Waals surface area contributed by atoms with Crippen LogP contribution in [0, 0.1) is 29.6 Å². The third-order valence-electron chi connectivity index (χ3n) is 6.41. The zero-order valence-electron chi connectivity index (χ0n) is 21.3. The second kappa shape index (κ2) is 9.69. The van der Waals surface area contributed by atoms with E-state index < -0.39 is 5.95 Å². The van der Waals surface area contributed by atoms with Gasteiger partial charge in [-0.15, -0.1) is 5.53 Å². The van der Waals surface area contributed by atoms with Crippen LogP contribution >= 0.6 is 11.6 Å². The van der Waals surface area contributed by atoms with E-state index in [9.17, 15) is 9.65 Å². The number of anilines is 2. The fourth-order valence-electron chi connectivity index (χ4n) is 4.35. The second-order valence-corrected chi connectivity index (χ2v) is 11.2. The van der Waals surface area contributed by atoms with Crippen molar-refractivity contribution in [1.29, 1.82) is 5.26 Å². The van der Waals surface area contributed by atoms with Crippen LogP contribution < -0.4 is 21.6 Å². The van der Waals surface area contributed by atoms with Gasteiger partial charge in [-0.3, -0.25) is 9.99 Å². The number of benzene rings is 1. The Balaban J connectivity index is 1.57. The van der Waals surface area contributed by atoms with Crippen LogP contribution in [0.2, 0.25) is 5.02 Å². The van der Waals surface area contributed by atoms with E-state index in [1.54, 1.807) is 19.2 Å². The first-order chi connectivity index (χ1) is 17.6. The van der Waals surface area contributed by atoms with Gasteiger partial charge in [-0.05, 0) is 43.4 Å². The van der Waals surface area contributed by atoms with Gasteiger partial charge in [0.1, 0.15) is 6.07 Å². The van der Waals surface area contributed by atoms with E-state index in [1.165, 1.54) is 6.07 Å². The van der Waals surface area contributed by atoms with Gasteiger partial charge in [0.25, 0.3) is 0 Å². The van der Waals surface area contributed by atoms with E-state index in [4.69, 9.17) is 11.6 Å². The molecule has 192 valence electrons. The standard InChI is InChI=1S/C27H30ClFN8/c1-15-19(7-8-23(29)33-15)26(22-13-37(36-35-22)18-5-6-18)34-17-9-20-24(32-14-27(2,3)4)16(11-30)12-31-25(20)21(28)10-17/h7-10,12-13,18,26,34-36H,5-6,14H2,1-4H3,(H,31,32)/t26-/m0/s1. The zero-order valence-corrected chi connectivity index (χ0v) is 22.0. The lowest BCUT2D eigenvalue weighted by Crippen LogP contribution is -2.38. The number of nitriles is 1. The molecular weight excluding hydrogens is 491 g/mol. The Morgan fingerprint density at radius 3 is 2.76 bits per heavy atom. The molecule has 4 N–H and O–H groups in total. The van der Waals surface area contributed by atoms with E-state index in [1.807, 2.05) is 18.3 Å². The molecule has 0 bridgehead atoms. The molecular formula is C27H30ClFN8. The number of halogens is 2. The topological polar surface area (TPSA) is 101 Å². The number of nitrogens with one attached hydrogen (secondary N) is 4. The lowest BCUT2D eigenvalue weighted by Gasteiger charge is -2.24. The number of fused-ring (bicyclic) bond motifs is 1. The Labute approximate surface area is 220 Å². The van der Waals surface area contributed by atoms with Crippen LogP contribution in [0.5, 0.6) is 0 Å². The molecule has 5 rings (SSSR count). The molecule has 0 saturated heterocycles. The van der Waals surface area contributed by atoms with Crippen LogP contribution in [0.15, 0.2) is 42.4 Å². The predicted octanol–water partition coefficient (Wildman–Crippen LogP) is 5.54. The number of rotatable bonds is 7. The molecule has 10 heteroatoms. The molecule has 3 heterocycles. The molecule has 1 aromatic carbocycles. The summed E-state index contributed by atoms with van der Waals surface area (Å²) in [6.45, 7) is 8.83. The average molecular weight is 521 g/mol.